The van der Waals surface area contributed by atoms with Gasteiger partial charge in [0.05, 0.1) is 11.7 Å². The average Bonchev–Trinajstić information content (AvgIpc) is 2.96. The van der Waals surface area contributed by atoms with Crippen molar-refractivity contribution >= 4 is 23.2 Å². The number of rotatable bonds is 4. The maximum absolute atomic E-state index is 6.28. The molecule has 2 aromatic heterocycles. The molecule has 1 aliphatic heterocycles. The molecular formula is C16H24ClN7. The number of nitrogens with zero attached hydrogens (tertiary/aromatic N) is 6. The smallest absolute Gasteiger partial charge is 0.152 e. The molecule has 2 N–H and O–H groups in total. The Balaban J connectivity index is 1.84. The van der Waals surface area contributed by atoms with Gasteiger partial charge < -0.3 is 10.6 Å². The second-order valence-corrected chi connectivity index (χ2v) is 6.86. The van der Waals surface area contributed by atoms with Gasteiger partial charge in [-0.2, -0.15) is 5.10 Å². The molecule has 0 saturated carbocycles. The molecule has 2 aromatic rings. The van der Waals surface area contributed by atoms with Crippen molar-refractivity contribution in [2.24, 2.45) is 13.0 Å². The SMILES string of the molecule is CN(C[C@@H]1CCCN(C)[C@H]1c1ccnn1C)c1ncnc(N)c1Cl. The van der Waals surface area contributed by atoms with Crippen LogP contribution in [0.1, 0.15) is 24.6 Å². The fourth-order valence-electron chi connectivity index (χ4n) is 3.67. The van der Waals surface area contributed by atoms with Crippen molar-refractivity contribution in [2.45, 2.75) is 18.9 Å². The van der Waals surface area contributed by atoms with Crippen LogP contribution >= 0.6 is 11.6 Å². The summed E-state index contributed by atoms with van der Waals surface area (Å²) in [5.41, 5.74) is 7.05. The van der Waals surface area contributed by atoms with E-state index in [2.05, 4.69) is 38.0 Å². The number of likely N-dealkylation sites (tertiary alicyclic amines) is 1. The van der Waals surface area contributed by atoms with Gasteiger partial charge in [0.2, 0.25) is 0 Å². The number of nitrogen functional groups attached to an aromatic ring is 1. The molecule has 0 radical (unpaired) electrons. The highest BCUT2D eigenvalue weighted by Crippen LogP contribution is 2.36. The molecule has 130 valence electrons. The van der Waals surface area contributed by atoms with Crippen LogP contribution in [0.15, 0.2) is 18.6 Å². The Morgan fingerprint density at radius 1 is 1.38 bits per heavy atom. The highest BCUT2D eigenvalue weighted by atomic mass is 35.5. The summed E-state index contributed by atoms with van der Waals surface area (Å²) in [6.07, 6.45) is 5.66. The minimum Gasteiger partial charge on any atom is -0.382 e. The van der Waals surface area contributed by atoms with Crippen LogP contribution in [-0.2, 0) is 7.05 Å². The van der Waals surface area contributed by atoms with Crippen LogP contribution in [0.2, 0.25) is 5.02 Å². The normalized spacial score (nSPS) is 21.8. The van der Waals surface area contributed by atoms with Gasteiger partial charge in [-0.05, 0) is 38.4 Å². The van der Waals surface area contributed by atoms with Crippen molar-refractivity contribution < 1.29 is 0 Å². The van der Waals surface area contributed by atoms with E-state index in [0.29, 0.717) is 28.6 Å². The summed E-state index contributed by atoms with van der Waals surface area (Å²) < 4.78 is 1.97. The lowest BCUT2D eigenvalue weighted by atomic mass is 9.87. The van der Waals surface area contributed by atoms with E-state index in [9.17, 15) is 0 Å². The van der Waals surface area contributed by atoms with Gasteiger partial charge in [-0.25, -0.2) is 9.97 Å². The molecule has 0 spiro atoms. The monoisotopic (exact) mass is 349 g/mol. The molecule has 24 heavy (non-hydrogen) atoms. The number of nitrogens with two attached hydrogens (primary N) is 1. The van der Waals surface area contributed by atoms with E-state index in [1.54, 1.807) is 0 Å². The van der Waals surface area contributed by atoms with Crippen LogP contribution < -0.4 is 10.6 Å². The van der Waals surface area contributed by atoms with Crippen LogP contribution in [0.5, 0.6) is 0 Å². The second kappa shape index (κ2) is 6.94. The van der Waals surface area contributed by atoms with Crippen molar-refractivity contribution in [2.75, 3.05) is 37.8 Å². The maximum atomic E-state index is 6.28. The molecule has 0 unspecified atom stereocenters. The third-order valence-electron chi connectivity index (χ3n) is 4.84. The Morgan fingerprint density at radius 3 is 2.88 bits per heavy atom. The first kappa shape index (κ1) is 17.0. The van der Waals surface area contributed by atoms with Crippen LogP contribution in [0.25, 0.3) is 0 Å². The summed E-state index contributed by atoms with van der Waals surface area (Å²) in [4.78, 5) is 12.7. The van der Waals surface area contributed by atoms with Crippen molar-refractivity contribution in [3.63, 3.8) is 0 Å². The van der Waals surface area contributed by atoms with Gasteiger partial charge in [-0.15, -0.1) is 0 Å². The van der Waals surface area contributed by atoms with E-state index in [1.165, 1.54) is 18.4 Å². The van der Waals surface area contributed by atoms with Crippen molar-refractivity contribution in [1.82, 2.24) is 24.6 Å². The van der Waals surface area contributed by atoms with E-state index >= 15 is 0 Å². The van der Waals surface area contributed by atoms with E-state index in [0.717, 1.165) is 19.5 Å². The minimum absolute atomic E-state index is 0.317. The molecular weight excluding hydrogens is 326 g/mol. The molecule has 3 rings (SSSR count). The van der Waals surface area contributed by atoms with Gasteiger partial charge in [-0.3, -0.25) is 9.58 Å². The number of hydrogen-bond donors (Lipinski definition) is 1. The second-order valence-electron chi connectivity index (χ2n) is 6.48. The van der Waals surface area contributed by atoms with Crippen molar-refractivity contribution in [3.05, 3.63) is 29.3 Å². The largest absolute Gasteiger partial charge is 0.382 e. The molecule has 1 saturated heterocycles. The number of aryl methyl sites for hydroxylation is 1. The van der Waals surface area contributed by atoms with Gasteiger partial charge in [0.15, 0.2) is 5.82 Å². The highest BCUT2D eigenvalue weighted by molar-refractivity contribution is 6.35. The number of hydrogen-bond acceptors (Lipinski definition) is 6. The van der Waals surface area contributed by atoms with E-state index in [1.807, 2.05) is 25.0 Å². The predicted octanol–water partition coefficient (Wildman–Crippen LogP) is 1.96. The summed E-state index contributed by atoms with van der Waals surface area (Å²) in [7, 11) is 6.18. The maximum Gasteiger partial charge on any atom is 0.152 e. The molecule has 0 aromatic carbocycles. The van der Waals surface area contributed by atoms with E-state index in [-0.39, 0.29) is 0 Å². The van der Waals surface area contributed by atoms with Gasteiger partial charge in [0.25, 0.3) is 0 Å². The van der Waals surface area contributed by atoms with Crippen LogP contribution in [0.4, 0.5) is 11.6 Å². The first-order chi connectivity index (χ1) is 11.5. The third kappa shape index (κ3) is 3.18. The molecule has 1 fully saturated rings. The lowest BCUT2D eigenvalue weighted by Crippen LogP contribution is -2.42. The minimum atomic E-state index is 0.317. The Labute approximate surface area is 147 Å². The lowest BCUT2D eigenvalue weighted by molar-refractivity contribution is 0.118. The van der Waals surface area contributed by atoms with Crippen molar-refractivity contribution in [3.8, 4) is 0 Å². The van der Waals surface area contributed by atoms with E-state index in [4.69, 9.17) is 17.3 Å². The molecule has 2 atom stereocenters. The van der Waals surface area contributed by atoms with E-state index < -0.39 is 0 Å². The lowest BCUT2D eigenvalue weighted by Gasteiger charge is -2.41. The molecule has 0 bridgehead atoms. The molecule has 1 aliphatic rings. The van der Waals surface area contributed by atoms with Gasteiger partial charge in [0.1, 0.15) is 17.2 Å². The molecule has 7 nitrogen and oxygen atoms in total. The predicted molar refractivity (Wildman–Crippen MR) is 96.0 cm³/mol. The number of aromatic nitrogens is 4. The van der Waals surface area contributed by atoms with Crippen LogP contribution in [0, 0.1) is 5.92 Å². The summed E-state index contributed by atoms with van der Waals surface area (Å²) in [5.74, 6) is 1.45. The Bertz CT molecular complexity index is 701. The summed E-state index contributed by atoms with van der Waals surface area (Å²) >= 11 is 6.28. The zero-order valence-corrected chi connectivity index (χ0v) is 15.1. The Kier molecular flexibility index (Phi) is 4.91. The third-order valence-corrected chi connectivity index (χ3v) is 5.20. The first-order valence-electron chi connectivity index (χ1n) is 8.14. The van der Waals surface area contributed by atoms with Gasteiger partial charge in [-0.1, -0.05) is 11.6 Å². The standard InChI is InChI=1S/C16H24ClN7/c1-22-8-4-5-11(14(22)12-6-7-21-24(12)3)9-23(2)16-13(17)15(18)19-10-20-16/h6-7,10-11,14H,4-5,8-9H2,1-3H3,(H2,18,19,20)/t11-,14+/m0/s1. The number of piperidine rings is 1. The summed E-state index contributed by atoms with van der Waals surface area (Å²) in [5, 5.41) is 4.76. The fourth-order valence-corrected chi connectivity index (χ4v) is 3.91. The fraction of sp³-hybridized carbons (Fsp3) is 0.562. The van der Waals surface area contributed by atoms with Crippen LogP contribution in [0.3, 0.4) is 0 Å². The Morgan fingerprint density at radius 2 is 2.17 bits per heavy atom. The van der Waals surface area contributed by atoms with Crippen molar-refractivity contribution in [1.29, 1.82) is 0 Å². The van der Waals surface area contributed by atoms with Crippen LogP contribution in [-0.4, -0.2) is 51.8 Å². The molecule has 0 aliphatic carbocycles. The zero-order valence-electron chi connectivity index (χ0n) is 14.4. The number of halogens is 1. The Hall–Kier alpha value is -1.86. The highest BCUT2D eigenvalue weighted by Gasteiger charge is 2.33. The summed E-state index contributed by atoms with van der Waals surface area (Å²) in [6.45, 7) is 1.94. The zero-order chi connectivity index (χ0) is 17.3. The molecule has 8 heteroatoms. The quantitative estimate of drug-likeness (QED) is 0.909. The summed E-state index contributed by atoms with van der Waals surface area (Å²) in [6, 6.07) is 2.43. The first-order valence-corrected chi connectivity index (χ1v) is 8.52. The topological polar surface area (TPSA) is 76.1 Å². The molecule has 0 amide bonds. The van der Waals surface area contributed by atoms with Gasteiger partial charge >= 0.3 is 0 Å². The average molecular weight is 350 g/mol. The van der Waals surface area contributed by atoms with Gasteiger partial charge in [0, 0.05) is 26.8 Å². The molecule has 3 heterocycles. The number of anilines is 2.